The van der Waals surface area contributed by atoms with Gasteiger partial charge in [0.2, 0.25) is 0 Å². The van der Waals surface area contributed by atoms with E-state index in [1.54, 1.807) is 12.2 Å². The van der Waals surface area contributed by atoms with Crippen molar-refractivity contribution in [1.29, 1.82) is 5.26 Å². The minimum Gasteiger partial charge on any atom is -0.494 e. The van der Waals surface area contributed by atoms with Crippen molar-refractivity contribution in [2.75, 3.05) is 6.61 Å². The van der Waals surface area contributed by atoms with Crippen molar-refractivity contribution in [2.45, 2.75) is 26.2 Å². The van der Waals surface area contributed by atoms with E-state index < -0.39 is 0 Å². The summed E-state index contributed by atoms with van der Waals surface area (Å²) in [6.45, 7) is 2.89. The Morgan fingerprint density at radius 2 is 2.05 bits per heavy atom. The molecule has 2 rings (SSSR count). The summed E-state index contributed by atoms with van der Waals surface area (Å²) < 4.78 is 5.64. The lowest BCUT2D eigenvalue weighted by Crippen LogP contribution is -2.04. The van der Waals surface area contributed by atoms with Crippen molar-refractivity contribution >= 4 is 6.08 Å². The predicted molar refractivity (Wildman–Crippen MR) is 85.4 cm³/mol. The SMILES string of the molecule is CCCCOc1ccc(C=C2CC(N)=CC=C2C#N)cc1. The molecule has 21 heavy (non-hydrogen) atoms. The van der Waals surface area contributed by atoms with Crippen molar-refractivity contribution in [1.82, 2.24) is 0 Å². The van der Waals surface area contributed by atoms with E-state index >= 15 is 0 Å². The molecule has 108 valence electrons. The first kappa shape index (κ1) is 14.9. The molecule has 3 nitrogen and oxygen atoms in total. The summed E-state index contributed by atoms with van der Waals surface area (Å²) in [4.78, 5) is 0. The summed E-state index contributed by atoms with van der Waals surface area (Å²) in [6, 6.07) is 10.1. The summed E-state index contributed by atoms with van der Waals surface area (Å²) >= 11 is 0. The summed E-state index contributed by atoms with van der Waals surface area (Å²) in [5, 5.41) is 9.14. The van der Waals surface area contributed by atoms with Crippen LogP contribution in [0.25, 0.3) is 6.08 Å². The third-order valence-corrected chi connectivity index (χ3v) is 3.31. The van der Waals surface area contributed by atoms with E-state index in [2.05, 4.69) is 13.0 Å². The van der Waals surface area contributed by atoms with Crippen molar-refractivity contribution in [3.8, 4) is 11.8 Å². The molecule has 0 bridgehead atoms. The number of unbranched alkanes of at least 4 members (excludes halogenated alkanes) is 1. The fourth-order valence-electron chi connectivity index (χ4n) is 2.11. The van der Waals surface area contributed by atoms with Gasteiger partial charge in [-0.3, -0.25) is 0 Å². The van der Waals surface area contributed by atoms with Crippen molar-refractivity contribution < 1.29 is 4.74 Å². The first-order valence-corrected chi connectivity index (χ1v) is 7.23. The molecule has 1 aromatic carbocycles. The van der Waals surface area contributed by atoms with Gasteiger partial charge in [0.1, 0.15) is 5.75 Å². The molecule has 0 unspecified atom stereocenters. The van der Waals surface area contributed by atoms with Gasteiger partial charge in [0.25, 0.3) is 0 Å². The smallest absolute Gasteiger partial charge is 0.119 e. The van der Waals surface area contributed by atoms with Crippen LogP contribution in [0.3, 0.4) is 0 Å². The van der Waals surface area contributed by atoms with Crippen LogP contribution in [0, 0.1) is 11.3 Å². The van der Waals surface area contributed by atoms with E-state index in [-0.39, 0.29) is 0 Å². The number of hydrogen-bond acceptors (Lipinski definition) is 3. The van der Waals surface area contributed by atoms with Gasteiger partial charge in [-0.15, -0.1) is 0 Å². The standard InChI is InChI=1S/C18H20N2O/c1-2-3-10-21-18-8-4-14(5-9-18)11-16-12-17(20)7-6-15(16)13-19/h4-9,11H,2-3,10,12,20H2,1H3. The average molecular weight is 280 g/mol. The van der Waals surface area contributed by atoms with E-state index in [4.69, 9.17) is 15.7 Å². The molecule has 0 fully saturated rings. The van der Waals surface area contributed by atoms with Gasteiger partial charge in [-0.1, -0.05) is 31.6 Å². The van der Waals surface area contributed by atoms with Gasteiger partial charge in [0, 0.05) is 12.1 Å². The van der Waals surface area contributed by atoms with Crippen LogP contribution in [-0.2, 0) is 0 Å². The van der Waals surface area contributed by atoms with Crippen LogP contribution in [0.1, 0.15) is 31.7 Å². The van der Waals surface area contributed by atoms with E-state index in [0.29, 0.717) is 12.0 Å². The molecule has 3 heteroatoms. The Labute approximate surface area is 126 Å². The maximum atomic E-state index is 9.14. The molecular formula is C18H20N2O. The number of benzene rings is 1. The Hall–Kier alpha value is -2.47. The monoisotopic (exact) mass is 280 g/mol. The lowest BCUT2D eigenvalue weighted by Gasteiger charge is -2.11. The summed E-state index contributed by atoms with van der Waals surface area (Å²) in [5.74, 6) is 0.879. The molecule has 0 radical (unpaired) electrons. The largest absolute Gasteiger partial charge is 0.494 e. The summed E-state index contributed by atoms with van der Waals surface area (Å²) in [7, 11) is 0. The molecule has 0 spiro atoms. The van der Waals surface area contributed by atoms with Crippen LogP contribution in [0.4, 0.5) is 0 Å². The van der Waals surface area contributed by atoms with E-state index in [1.807, 2.05) is 30.3 Å². The minimum absolute atomic E-state index is 0.619. The molecule has 0 atom stereocenters. The molecule has 1 aliphatic rings. The fraction of sp³-hybridized carbons (Fsp3) is 0.278. The number of nitriles is 1. The lowest BCUT2D eigenvalue weighted by atomic mass is 9.95. The Balaban J connectivity index is 2.09. The zero-order valence-electron chi connectivity index (χ0n) is 12.3. The average Bonchev–Trinajstić information content (AvgIpc) is 2.50. The van der Waals surface area contributed by atoms with Gasteiger partial charge in [-0.05, 0) is 41.8 Å². The van der Waals surface area contributed by atoms with Crippen LogP contribution >= 0.6 is 0 Å². The number of nitrogens with two attached hydrogens (primary N) is 1. The van der Waals surface area contributed by atoms with Crippen LogP contribution in [0.15, 0.2) is 53.3 Å². The van der Waals surface area contributed by atoms with Gasteiger partial charge < -0.3 is 10.5 Å². The maximum Gasteiger partial charge on any atom is 0.119 e. The minimum atomic E-state index is 0.619. The number of allylic oxidation sites excluding steroid dienone is 4. The third-order valence-electron chi connectivity index (χ3n) is 3.31. The molecule has 0 amide bonds. The maximum absolute atomic E-state index is 9.14. The van der Waals surface area contributed by atoms with E-state index in [0.717, 1.165) is 42.0 Å². The Morgan fingerprint density at radius 1 is 1.29 bits per heavy atom. The van der Waals surface area contributed by atoms with Crippen LogP contribution in [0.5, 0.6) is 5.75 Å². The first-order valence-electron chi connectivity index (χ1n) is 7.23. The quantitative estimate of drug-likeness (QED) is 0.831. The zero-order chi connectivity index (χ0) is 15.1. The van der Waals surface area contributed by atoms with Crippen molar-refractivity contribution in [3.63, 3.8) is 0 Å². The highest BCUT2D eigenvalue weighted by Crippen LogP contribution is 2.25. The number of nitrogens with zero attached hydrogens (tertiary/aromatic N) is 1. The lowest BCUT2D eigenvalue weighted by molar-refractivity contribution is 0.309. The molecular weight excluding hydrogens is 260 g/mol. The fourth-order valence-corrected chi connectivity index (χ4v) is 2.11. The molecule has 0 aliphatic heterocycles. The summed E-state index contributed by atoms with van der Waals surface area (Å²) in [5.41, 5.74) is 9.29. The predicted octanol–water partition coefficient (Wildman–Crippen LogP) is 3.95. The first-order chi connectivity index (χ1) is 10.2. The Kier molecular flexibility index (Phi) is 5.22. The molecule has 2 N–H and O–H groups in total. The topological polar surface area (TPSA) is 59.0 Å². The van der Waals surface area contributed by atoms with Gasteiger partial charge in [0.05, 0.1) is 18.2 Å². The molecule has 0 heterocycles. The number of hydrogen-bond donors (Lipinski definition) is 1. The van der Waals surface area contributed by atoms with E-state index in [9.17, 15) is 0 Å². The van der Waals surface area contributed by atoms with Gasteiger partial charge >= 0.3 is 0 Å². The highest BCUT2D eigenvalue weighted by molar-refractivity contribution is 5.64. The highest BCUT2D eigenvalue weighted by atomic mass is 16.5. The second kappa shape index (κ2) is 7.35. The molecule has 0 saturated carbocycles. The molecule has 1 aromatic rings. The second-order valence-corrected chi connectivity index (χ2v) is 5.05. The van der Waals surface area contributed by atoms with Gasteiger partial charge in [0.15, 0.2) is 0 Å². The van der Waals surface area contributed by atoms with Crippen molar-refractivity contribution in [2.24, 2.45) is 5.73 Å². The van der Waals surface area contributed by atoms with Crippen LogP contribution in [-0.4, -0.2) is 6.61 Å². The Morgan fingerprint density at radius 3 is 2.71 bits per heavy atom. The van der Waals surface area contributed by atoms with E-state index in [1.165, 1.54) is 0 Å². The highest BCUT2D eigenvalue weighted by Gasteiger charge is 2.10. The van der Waals surface area contributed by atoms with Gasteiger partial charge in [-0.2, -0.15) is 5.26 Å². The van der Waals surface area contributed by atoms with Gasteiger partial charge in [-0.25, -0.2) is 0 Å². The number of rotatable bonds is 5. The molecule has 1 aliphatic carbocycles. The Bertz CT molecular complexity index is 616. The van der Waals surface area contributed by atoms with Crippen LogP contribution in [0.2, 0.25) is 0 Å². The second-order valence-electron chi connectivity index (χ2n) is 5.05. The van der Waals surface area contributed by atoms with Crippen LogP contribution < -0.4 is 10.5 Å². The normalized spacial score (nSPS) is 16.1. The molecule has 0 aromatic heterocycles. The van der Waals surface area contributed by atoms with Crippen molar-refractivity contribution in [3.05, 3.63) is 58.8 Å². The third kappa shape index (κ3) is 4.25. The summed E-state index contributed by atoms with van der Waals surface area (Å²) in [6.07, 6.45) is 8.38. The molecule has 0 saturated heterocycles. The zero-order valence-corrected chi connectivity index (χ0v) is 12.3. The number of ether oxygens (including phenoxy) is 1.